The number of benzene rings is 4. The number of carbonyl (C=O) groups excluding carboxylic acids is 4. The second kappa shape index (κ2) is 14.6. The van der Waals surface area contributed by atoms with Crippen LogP contribution in [0.4, 0.5) is 5.69 Å². The van der Waals surface area contributed by atoms with Gasteiger partial charge in [-0.15, -0.1) is 0 Å². The summed E-state index contributed by atoms with van der Waals surface area (Å²) in [6.45, 7) is 8.08. The van der Waals surface area contributed by atoms with Gasteiger partial charge in [0.1, 0.15) is 11.8 Å². The number of hydrogen-bond donors (Lipinski definition) is 2. The Morgan fingerprint density at radius 2 is 1.33 bits per heavy atom. The average molecular weight is 764 g/mol. The van der Waals surface area contributed by atoms with Gasteiger partial charge in [-0.25, -0.2) is 0 Å². The van der Waals surface area contributed by atoms with Crippen molar-refractivity contribution in [3.05, 3.63) is 129 Å². The number of phenols is 1. The van der Waals surface area contributed by atoms with Crippen molar-refractivity contribution in [3.8, 4) is 5.75 Å². The highest BCUT2D eigenvalue weighted by Crippen LogP contribution is 2.47. The number of aromatic hydroxyl groups is 1. The molecule has 4 aromatic rings. The van der Waals surface area contributed by atoms with Gasteiger partial charge in [-0.1, -0.05) is 48.5 Å². The van der Waals surface area contributed by atoms with E-state index in [2.05, 4.69) is 80.7 Å². The van der Waals surface area contributed by atoms with Crippen molar-refractivity contribution in [1.29, 1.82) is 0 Å². The number of rotatable bonds is 8. The number of amides is 4. The molecule has 3 unspecified atom stereocenters. The van der Waals surface area contributed by atoms with Gasteiger partial charge in [0.05, 0.1) is 11.1 Å². The maximum absolute atomic E-state index is 13.3. The van der Waals surface area contributed by atoms with Crippen molar-refractivity contribution < 1.29 is 24.3 Å². The minimum Gasteiger partial charge on any atom is -0.508 e. The van der Waals surface area contributed by atoms with Gasteiger partial charge in [0.15, 0.2) is 0 Å². The molecule has 6 aliphatic rings. The first-order chi connectivity index (χ1) is 27.8. The van der Waals surface area contributed by atoms with E-state index in [1.165, 1.54) is 40.8 Å². The molecule has 3 saturated heterocycles. The second-order valence-corrected chi connectivity index (χ2v) is 17.3. The number of phenolic OH excluding ortho intramolecular Hbond substituents is 1. The summed E-state index contributed by atoms with van der Waals surface area (Å²) in [6.07, 6.45) is 4.67. The Labute approximate surface area is 333 Å². The molecule has 1 aliphatic carbocycles. The lowest BCUT2D eigenvalue weighted by Gasteiger charge is -2.44. The fraction of sp³-hybridized carbons (Fsp3) is 0.404. The quantitative estimate of drug-likeness (QED) is 0.216. The third kappa shape index (κ3) is 6.72. The van der Waals surface area contributed by atoms with Gasteiger partial charge in [-0.2, -0.15) is 0 Å². The first-order valence-corrected chi connectivity index (χ1v) is 20.8. The van der Waals surface area contributed by atoms with E-state index in [1.54, 1.807) is 0 Å². The highest BCUT2D eigenvalue weighted by atomic mass is 16.3. The molecule has 10 nitrogen and oxygen atoms in total. The van der Waals surface area contributed by atoms with Crippen molar-refractivity contribution in [2.24, 2.45) is 11.8 Å². The Balaban J connectivity index is 0.702. The number of hydrogen-bond acceptors (Lipinski definition) is 8. The van der Waals surface area contributed by atoms with Crippen molar-refractivity contribution >= 4 is 29.3 Å². The lowest BCUT2D eigenvalue weighted by Crippen LogP contribution is -2.54. The number of nitrogens with zero attached hydrogens (tertiary/aromatic N) is 4. The number of imide groups is 2. The number of nitrogens with one attached hydrogen (secondary N) is 1. The van der Waals surface area contributed by atoms with Crippen molar-refractivity contribution in [1.82, 2.24) is 20.0 Å². The molecule has 5 heterocycles. The average Bonchev–Trinajstić information content (AvgIpc) is 3.71. The Bertz CT molecular complexity index is 2200. The lowest BCUT2D eigenvalue weighted by molar-refractivity contribution is -0.136. The number of fused-ring (bicyclic) bond motifs is 3. The van der Waals surface area contributed by atoms with Crippen LogP contribution in [0.3, 0.4) is 0 Å². The molecule has 3 atom stereocenters. The topological polar surface area (TPSA) is 114 Å². The Kier molecular flexibility index (Phi) is 9.21. The number of likely N-dealkylation sites (tertiary alicyclic amines) is 1. The Morgan fingerprint density at radius 1 is 0.649 bits per heavy atom. The molecule has 4 aromatic carbocycles. The Morgan fingerprint density at radius 3 is 2.02 bits per heavy atom. The zero-order chi connectivity index (χ0) is 38.8. The molecule has 0 bridgehead atoms. The molecule has 4 amide bonds. The minimum absolute atomic E-state index is 0.116. The van der Waals surface area contributed by atoms with Gasteiger partial charge in [-0.3, -0.25) is 34.3 Å². The molecule has 2 N–H and O–H groups in total. The molecule has 292 valence electrons. The third-order valence-electron chi connectivity index (χ3n) is 13.7. The van der Waals surface area contributed by atoms with Crippen LogP contribution < -0.4 is 10.2 Å². The maximum atomic E-state index is 13.3. The normalized spacial score (nSPS) is 24.3. The first kappa shape index (κ1) is 36.0. The number of anilines is 1. The van der Waals surface area contributed by atoms with E-state index in [9.17, 15) is 24.3 Å². The molecule has 57 heavy (non-hydrogen) atoms. The summed E-state index contributed by atoms with van der Waals surface area (Å²) in [5, 5.41) is 12.5. The van der Waals surface area contributed by atoms with E-state index in [0.717, 1.165) is 81.2 Å². The highest BCUT2D eigenvalue weighted by molar-refractivity contribution is 6.23. The highest BCUT2D eigenvalue weighted by Gasteiger charge is 2.45. The summed E-state index contributed by atoms with van der Waals surface area (Å²) >= 11 is 0. The van der Waals surface area contributed by atoms with E-state index < -0.39 is 23.8 Å². The summed E-state index contributed by atoms with van der Waals surface area (Å²) < 4.78 is 0. The van der Waals surface area contributed by atoms with E-state index >= 15 is 0 Å². The fourth-order valence-corrected chi connectivity index (χ4v) is 10.7. The Hall–Kier alpha value is -5.32. The summed E-state index contributed by atoms with van der Waals surface area (Å²) in [4.78, 5) is 59.4. The van der Waals surface area contributed by atoms with E-state index in [-0.39, 0.29) is 24.7 Å². The lowest BCUT2D eigenvalue weighted by atomic mass is 9.69. The van der Waals surface area contributed by atoms with Gasteiger partial charge in [0.25, 0.3) is 11.8 Å². The fourth-order valence-electron chi connectivity index (χ4n) is 10.7. The van der Waals surface area contributed by atoms with Gasteiger partial charge in [0, 0.05) is 63.2 Å². The van der Waals surface area contributed by atoms with E-state index in [1.807, 2.05) is 24.3 Å². The maximum Gasteiger partial charge on any atom is 0.262 e. The van der Waals surface area contributed by atoms with E-state index in [4.69, 9.17) is 0 Å². The molecule has 0 radical (unpaired) electrons. The van der Waals surface area contributed by atoms with Crippen molar-refractivity contribution in [2.45, 2.75) is 69.5 Å². The van der Waals surface area contributed by atoms with Crippen LogP contribution in [0.5, 0.6) is 5.75 Å². The molecule has 0 aromatic heterocycles. The molecule has 0 saturated carbocycles. The standard InChI is InChI=1S/C47H49N5O5/c53-37-11-13-39-33(20-37)8-12-38(31-4-2-1-3-5-31)44(39)32-6-9-36(10-7-32)51-25-30(26-51)24-49-18-16-29(17-19-49)23-50-27-34-21-40-41(22-35(34)28-50)47(57)52(46(40)56)42-14-15-43(54)48-45(42)55/h1-7,9-11,13,20-22,29-30,38,42,44,53H,8,12,14-19,23-28H2,(H,48,54,55). The SMILES string of the molecule is O=C1CCC(N2C(=O)c3cc4c(cc3C2=O)CN(CC2CCN(CC3CN(c5ccc(C6c7ccc(O)cc7CCC6c6ccccc6)cc5)C3)CC2)C4)C(=O)N1. The van der Waals surface area contributed by atoms with Crippen LogP contribution in [-0.4, -0.2) is 88.7 Å². The van der Waals surface area contributed by atoms with Crippen LogP contribution in [0, 0.1) is 11.8 Å². The predicted molar refractivity (Wildman–Crippen MR) is 216 cm³/mol. The van der Waals surface area contributed by atoms with Crippen LogP contribution in [0.25, 0.3) is 0 Å². The summed E-state index contributed by atoms with van der Waals surface area (Å²) in [7, 11) is 0. The number of aryl methyl sites for hydroxylation is 1. The van der Waals surface area contributed by atoms with Gasteiger partial charge in [0.2, 0.25) is 11.8 Å². The molecule has 10 rings (SSSR count). The van der Waals surface area contributed by atoms with Gasteiger partial charge >= 0.3 is 0 Å². The predicted octanol–water partition coefficient (Wildman–Crippen LogP) is 5.82. The van der Waals surface area contributed by atoms with Crippen LogP contribution in [0.15, 0.2) is 84.9 Å². The smallest absolute Gasteiger partial charge is 0.262 e. The van der Waals surface area contributed by atoms with Crippen LogP contribution in [0.1, 0.15) is 98.0 Å². The van der Waals surface area contributed by atoms with Crippen LogP contribution >= 0.6 is 0 Å². The third-order valence-corrected chi connectivity index (χ3v) is 13.7. The summed E-state index contributed by atoms with van der Waals surface area (Å²) in [5.74, 6) is 0.477. The van der Waals surface area contributed by atoms with Gasteiger partial charge in [-0.05, 0) is 127 Å². The summed E-state index contributed by atoms with van der Waals surface area (Å²) in [6, 6.07) is 28.9. The number of carbonyl (C=O) groups is 4. The van der Waals surface area contributed by atoms with Crippen molar-refractivity contribution in [2.75, 3.05) is 44.2 Å². The monoisotopic (exact) mass is 763 g/mol. The zero-order valence-corrected chi connectivity index (χ0v) is 32.2. The van der Waals surface area contributed by atoms with Crippen LogP contribution in [-0.2, 0) is 29.1 Å². The molecule has 3 fully saturated rings. The minimum atomic E-state index is -0.939. The molecule has 0 spiro atoms. The van der Waals surface area contributed by atoms with Crippen LogP contribution in [0.2, 0.25) is 0 Å². The molecule has 10 heteroatoms. The van der Waals surface area contributed by atoms with Crippen molar-refractivity contribution in [3.63, 3.8) is 0 Å². The summed E-state index contributed by atoms with van der Waals surface area (Å²) in [5.41, 5.74) is 9.51. The largest absolute Gasteiger partial charge is 0.508 e. The second-order valence-electron chi connectivity index (χ2n) is 17.3. The van der Waals surface area contributed by atoms with E-state index in [0.29, 0.717) is 34.6 Å². The molecule has 5 aliphatic heterocycles. The number of piperidine rings is 2. The molecular weight excluding hydrogens is 715 g/mol. The molecular formula is C47H49N5O5. The zero-order valence-electron chi connectivity index (χ0n) is 32.2. The van der Waals surface area contributed by atoms with Gasteiger partial charge < -0.3 is 14.9 Å². The first-order valence-electron chi connectivity index (χ1n) is 20.8.